The number of hydrogen-bond acceptors (Lipinski definition) is 3. The SMILES string of the molecule is CCC(C)=CN=c1nc(C)cc(Nc2ccc(CC(F)(F)F)cc2)n1C. The molecule has 26 heavy (non-hydrogen) atoms. The maximum atomic E-state index is 12.4. The van der Waals surface area contributed by atoms with Crippen molar-refractivity contribution in [2.45, 2.75) is 39.8 Å². The van der Waals surface area contributed by atoms with E-state index >= 15 is 0 Å². The molecule has 140 valence electrons. The fourth-order valence-electron chi connectivity index (χ4n) is 2.25. The highest BCUT2D eigenvalue weighted by Gasteiger charge is 2.27. The Balaban J connectivity index is 2.28. The van der Waals surface area contributed by atoms with Gasteiger partial charge in [-0.25, -0.2) is 9.98 Å². The van der Waals surface area contributed by atoms with E-state index in [9.17, 15) is 13.2 Å². The van der Waals surface area contributed by atoms with Crippen molar-refractivity contribution in [1.82, 2.24) is 9.55 Å². The molecule has 0 unspecified atom stereocenters. The van der Waals surface area contributed by atoms with Crippen LogP contribution < -0.4 is 10.9 Å². The lowest BCUT2D eigenvalue weighted by Gasteiger charge is -2.13. The second kappa shape index (κ2) is 8.21. The summed E-state index contributed by atoms with van der Waals surface area (Å²) in [5, 5.41) is 3.21. The van der Waals surface area contributed by atoms with Gasteiger partial charge in [0.15, 0.2) is 0 Å². The molecule has 0 bridgehead atoms. The van der Waals surface area contributed by atoms with Gasteiger partial charge in [-0.2, -0.15) is 13.2 Å². The number of aryl methyl sites for hydroxylation is 1. The van der Waals surface area contributed by atoms with E-state index in [2.05, 4.69) is 22.2 Å². The molecule has 1 N–H and O–H groups in total. The number of allylic oxidation sites excluding steroid dienone is 1. The van der Waals surface area contributed by atoms with Crippen LogP contribution in [0.2, 0.25) is 0 Å². The Morgan fingerprint density at radius 3 is 2.50 bits per heavy atom. The highest BCUT2D eigenvalue weighted by Crippen LogP contribution is 2.23. The summed E-state index contributed by atoms with van der Waals surface area (Å²) < 4.78 is 39.1. The number of anilines is 2. The van der Waals surface area contributed by atoms with E-state index in [-0.39, 0.29) is 5.56 Å². The highest BCUT2D eigenvalue weighted by atomic mass is 19.4. The van der Waals surface area contributed by atoms with Gasteiger partial charge in [0.1, 0.15) is 5.82 Å². The van der Waals surface area contributed by atoms with Gasteiger partial charge >= 0.3 is 6.18 Å². The van der Waals surface area contributed by atoms with Crippen LogP contribution in [-0.4, -0.2) is 15.7 Å². The Bertz CT molecular complexity index is 847. The van der Waals surface area contributed by atoms with Crippen LogP contribution >= 0.6 is 0 Å². The fourth-order valence-corrected chi connectivity index (χ4v) is 2.25. The monoisotopic (exact) mass is 364 g/mol. The maximum absolute atomic E-state index is 12.4. The third-order valence-electron chi connectivity index (χ3n) is 3.87. The molecule has 1 aromatic heterocycles. The number of alkyl halides is 3. The van der Waals surface area contributed by atoms with E-state index in [4.69, 9.17) is 0 Å². The summed E-state index contributed by atoms with van der Waals surface area (Å²) in [5.41, 5.74) is 3.41. The molecule has 0 radical (unpaired) electrons. The van der Waals surface area contributed by atoms with Crippen molar-refractivity contribution in [2.75, 3.05) is 5.32 Å². The molecule has 0 aliphatic rings. The van der Waals surface area contributed by atoms with Crippen molar-refractivity contribution in [3.8, 4) is 0 Å². The minimum atomic E-state index is -4.20. The quantitative estimate of drug-likeness (QED) is 0.829. The van der Waals surface area contributed by atoms with Gasteiger partial charge < -0.3 is 5.32 Å². The molecule has 7 heteroatoms. The molecule has 4 nitrogen and oxygen atoms in total. The van der Waals surface area contributed by atoms with E-state index in [0.717, 1.165) is 23.5 Å². The zero-order valence-corrected chi connectivity index (χ0v) is 15.4. The molecule has 0 spiro atoms. The summed E-state index contributed by atoms with van der Waals surface area (Å²) in [4.78, 5) is 8.84. The molecule has 2 rings (SSSR count). The lowest BCUT2D eigenvalue weighted by molar-refractivity contribution is -0.127. The molecule has 0 saturated carbocycles. The van der Waals surface area contributed by atoms with Crippen LogP contribution in [-0.2, 0) is 13.5 Å². The number of nitrogens with one attached hydrogen (secondary N) is 1. The van der Waals surface area contributed by atoms with E-state index < -0.39 is 12.6 Å². The van der Waals surface area contributed by atoms with Crippen molar-refractivity contribution in [2.24, 2.45) is 12.0 Å². The summed E-state index contributed by atoms with van der Waals surface area (Å²) in [6, 6.07) is 8.08. The Labute approximate surface area is 151 Å². The predicted octanol–water partition coefficient (Wildman–Crippen LogP) is 4.79. The summed E-state index contributed by atoms with van der Waals surface area (Å²) in [6.07, 6.45) is -2.43. The van der Waals surface area contributed by atoms with Crippen LogP contribution in [0.5, 0.6) is 0 Å². The minimum absolute atomic E-state index is 0.231. The molecule has 1 aromatic carbocycles. The van der Waals surface area contributed by atoms with E-state index in [0.29, 0.717) is 11.3 Å². The smallest absolute Gasteiger partial charge is 0.342 e. The first-order chi connectivity index (χ1) is 12.2. The lowest BCUT2D eigenvalue weighted by atomic mass is 10.1. The van der Waals surface area contributed by atoms with Crippen LogP contribution in [0.3, 0.4) is 0 Å². The first-order valence-corrected chi connectivity index (χ1v) is 8.35. The maximum Gasteiger partial charge on any atom is 0.393 e. The number of halogens is 3. The van der Waals surface area contributed by atoms with E-state index in [1.54, 1.807) is 22.9 Å². The first kappa shape index (κ1) is 19.8. The summed E-state index contributed by atoms with van der Waals surface area (Å²) in [6.45, 7) is 5.93. The Morgan fingerprint density at radius 2 is 1.92 bits per heavy atom. The fraction of sp³-hybridized carbons (Fsp3) is 0.368. The van der Waals surface area contributed by atoms with Crippen molar-refractivity contribution in [1.29, 1.82) is 0 Å². The van der Waals surface area contributed by atoms with Crippen LogP contribution in [0.15, 0.2) is 47.1 Å². The third kappa shape index (κ3) is 5.75. The van der Waals surface area contributed by atoms with Crippen molar-refractivity contribution >= 4 is 11.5 Å². The zero-order chi connectivity index (χ0) is 19.3. The van der Waals surface area contributed by atoms with Gasteiger partial charge in [0.05, 0.1) is 6.42 Å². The second-order valence-corrected chi connectivity index (χ2v) is 6.21. The standard InChI is InChI=1S/C19H23F3N4/c1-5-13(2)12-23-18-24-14(3)10-17(26(18)4)25-16-8-6-15(7-9-16)11-19(20,21)22/h6-10,12,25H,5,11H2,1-4H3. The number of benzene rings is 1. The van der Waals surface area contributed by atoms with Crippen LogP contribution in [0.1, 0.15) is 31.5 Å². The number of hydrogen-bond donors (Lipinski definition) is 1. The number of rotatable bonds is 5. The van der Waals surface area contributed by atoms with Gasteiger partial charge in [0.25, 0.3) is 0 Å². The third-order valence-corrected chi connectivity index (χ3v) is 3.87. The average molecular weight is 364 g/mol. The molecule has 1 heterocycles. The van der Waals surface area contributed by atoms with Crippen molar-refractivity contribution in [3.05, 3.63) is 59.0 Å². The Kier molecular flexibility index (Phi) is 6.23. The van der Waals surface area contributed by atoms with Gasteiger partial charge in [-0.15, -0.1) is 0 Å². The number of aromatic nitrogens is 2. The highest BCUT2D eigenvalue weighted by molar-refractivity contribution is 5.57. The molecular weight excluding hydrogens is 341 g/mol. The normalized spacial score (nSPS) is 13.2. The van der Waals surface area contributed by atoms with Crippen LogP contribution in [0.25, 0.3) is 0 Å². The molecule has 0 amide bonds. The van der Waals surface area contributed by atoms with Gasteiger partial charge in [0, 0.05) is 30.7 Å². The molecule has 0 aliphatic carbocycles. The molecular formula is C19H23F3N4. The first-order valence-electron chi connectivity index (χ1n) is 8.35. The van der Waals surface area contributed by atoms with Crippen molar-refractivity contribution < 1.29 is 13.2 Å². The van der Waals surface area contributed by atoms with Gasteiger partial charge in [-0.05, 0) is 38.0 Å². The number of nitrogens with zero attached hydrogens (tertiary/aromatic N) is 3. The van der Waals surface area contributed by atoms with Gasteiger partial charge in [-0.3, -0.25) is 4.57 Å². The Morgan fingerprint density at radius 1 is 1.27 bits per heavy atom. The van der Waals surface area contributed by atoms with Crippen LogP contribution in [0, 0.1) is 6.92 Å². The van der Waals surface area contributed by atoms with E-state index in [1.165, 1.54) is 12.1 Å². The average Bonchev–Trinajstić information content (AvgIpc) is 2.56. The lowest BCUT2D eigenvalue weighted by Crippen LogP contribution is -2.24. The molecule has 0 aliphatic heterocycles. The largest absolute Gasteiger partial charge is 0.393 e. The van der Waals surface area contributed by atoms with Gasteiger partial charge in [0.2, 0.25) is 5.62 Å². The predicted molar refractivity (Wildman–Crippen MR) is 97.0 cm³/mol. The second-order valence-electron chi connectivity index (χ2n) is 6.21. The summed E-state index contributed by atoms with van der Waals surface area (Å²) in [5.74, 6) is 0.752. The molecule has 0 saturated heterocycles. The van der Waals surface area contributed by atoms with E-state index in [1.807, 2.05) is 27.0 Å². The summed E-state index contributed by atoms with van der Waals surface area (Å²) >= 11 is 0. The summed E-state index contributed by atoms with van der Waals surface area (Å²) in [7, 11) is 1.83. The Hall–Kier alpha value is -2.57. The van der Waals surface area contributed by atoms with Gasteiger partial charge in [-0.1, -0.05) is 24.6 Å². The molecule has 0 fully saturated rings. The van der Waals surface area contributed by atoms with Crippen LogP contribution in [0.4, 0.5) is 24.7 Å². The zero-order valence-electron chi connectivity index (χ0n) is 15.4. The van der Waals surface area contributed by atoms with Crippen molar-refractivity contribution in [3.63, 3.8) is 0 Å². The molecule has 0 atom stereocenters. The molecule has 2 aromatic rings. The minimum Gasteiger partial charge on any atom is -0.342 e. The topological polar surface area (TPSA) is 42.2 Å².